The number of para-hydroxylation sites is 1. The highest BCUT2D eigenvalue weighted by molar-refractivity contribution is 6.00. The first kappa shape index (κ1) is 13.0. The van der Waals surface area contributed by atoms with E-state index in [4.69, 9.17) is 11.1 Å². The number of benzene rings is 2. The van der Waals surface area contributed by atoms with Gasteiger partial charge < -0.3 is 11.1 Å². The fraction of sp³-hybridized carbons (Fsp3) is 0.0714. The maximum Gasteiger partial charge on any atom is 0.263 e. The van der Waals surface area contributed by atoms with Crippen LogP contribution in [0, 0.1) is 5.41 Å². The number of anilines is 2. The van der Waals surface area contributed by atoms with E-state index >= 15 is 0 Å². The normalized spacial score (nSPS) is 10.5. The Morgan fingerprint density at radius 1 is 1.05 bits per heavy atom. The number of rotatable bonds is 4. The van der Waals surface area contributed by atoms with E-state index in [1.807, 2.05) is 6.07 Å². The molecule has 0 amide bonds. The molecule has 19 heavy (non-hydrogen) atoms. The van der Waals surface area contributed by atoms with Gasteiger partial charge in [0.1, 0.15) is 5.84 Å². The smallest absolute Gasteiger partial charge is 0.263 e. The van der Waals surface area contributed by atoms with Crippen molar-refractivity contribution in [1.29, 1.82) is 5.41 Å². The molecule has 2 aromatic carbocycles. The summed E-state index contributed by atoms with van der Waals surface area (Å²) in [7, 11) is 0. The third-order valence-corrected chi connectivity index (χ3v) is 2.66. The van der Waals surface area contributed by atoms with E-state index < -0.39 is 6.43 Å². The number of nitrogen functional groups attached to an aromatic ring is 1. The molecule has 0 bridgehead atoms. The molecule has 0 aliphatic carbocycles. The predicted molar refractivity (Wildman–Crippen MR) is 72.1 cm³/mol. The molecule has 2 aromatic rings. The summed E-state index contributed by atoms with van der Waals surface area (Å²) in [6, 6.07) is 12.9. The molecule has 5 heteroatoms. The fourth-order valence-corrected chi connectivity index (χ4v) is 1.69. The molecule has 0 fully saturated rings. The Hall–Kier alpha value is -2.43. The van der Waals surface area contributed by atoms with Crippen LogP contribution in [0.25, 0.3) is 0 Å². The molecule has 0 saturated carbocycles. The topological polar surface area (TPSA) is 61.9 Å². The highest BCUT2D eigenvalue weighted by Gasteiger charge is 2.07. The van der Waals surface area contributed by atoms with E-state index in [-0.39, 0.29) is 11.4 Å². The number of nitrogens with one attached hydrogen (secondary N) is 2. The van der Waals surface area contributed by atoms with Gasteiger partial charge in [0.25, 0.3) is 6.43 Å². The molecule has 0 heterocycles. The van der Waals surface area contributed by atoms with Crippen LogP contribution in [0.5, 0.6) is 0 Å². The summed E-state index contributed by atoms with van der Waals surface area (Å²) in [6.45, 7) is 0. The monoisotopic (exact) mass is 261 g/mol. The van der Waals surface area contributed by atoms with Gasteiger partial charge in [-0.25, -0.2) is 8.78 Å². The van der Waals surface area contributed by atoms with Gasteiger partial charge in [-0.3, -0.25) is 5.41 Å². The lowest BCUT2D eigenvalue weighted by molar-refractivity contribution is 0.151. The van der Waals surface area contributed by atoms with Crippen LogP contribution in [0.4, 0.5) is 20.2 Å². The lowest BCUT2D eigenvalue weighted by atomic mass is 10.1. The summed E-state index contributed by atoms with van der Waals surface area (Å²) in [6.07, 6.45) is -2.47. The van der Waals surface area contributed by atoms with Gasteiger partial charge in [0.2, 0.25) is 0 Å². The molecule has 0 spiro atoms. The van der Waals surface area contributed by atoms with Gasteiger partial charge in [-0.1, -0.05) is 24.3 Å². The Balaban J connectivity index is 2.24. The largest absolute Gasteiger partial charge is 0.384 e. The van der Waals surface area contributed by atoms with Crippen LogP contribution in [-0.4, -0.2) is 5.84 Å². The molecule has 2 rings (SSSR count). The number of hydrogen-bond donors (Lipinski definition) is 3. The summed E-state index contributed by atoms with van der Waals surface area (Å²) in [5.41, 5.74) is 7.35. The van der Waals surface area contributed by atoms with Crippen LogP contribution >= 0.6 is 0 Å². The molecule has 0 aromatic heterocycles. The molecule has 98 valence electrons. The minimum atomic E-state index is -2.47. The van der Waals surface area contributed by atoms with Gasteiger partial charge in [0, 0.05) is 22.5 Å². The van der Waals surface area contributed by atoms with Crippen LogP contribution in [0.15, 0.2) is 48.5 Å². The van der Waals surface area contributed by atoms with Crippen LogP contribution < -0.4 is 11.1 Å². The summed E-state index contributed by atoms with van der Waals surface area (Å²) in [4.78, 5) is 0. The van der Waals surface area contributed by atoms with Gasteiger partial charge in [0.05, 0.1) is 0 Å². The maximum absolute atomic E-state index is 12.4. The molecule has 4 N–H and O–H groups in total. The fourth-order valence-electron chi connectivity index (χ4n) is 1.69. The van der Waals surface area contributed by atoms with Crippen molar-refractivity contribution in [2.45, 2.75) is 6.43 Å². The molecular weight excluding hydrogens is 248 g/mol. The summed E-state index contributed by atoms with van der Waals surface area (Å²) >= 11 is 0. The molecule has 0 unspecified atom stereocenters. The second-order valence-corrected chi connectivity index (χ2v) is 4.01. The third-order valence-electron chi connectivity index (χ3n) is 2.66. The molecule has 0 aliphatic rings. The first-order valence-electron chi connectivity index (χ1n) is 5.66. The van der Waals surface area contributed by atoms with Crippen molar-refractivity contribution in [1.82, 2.24) is 0 Å². The Kier molecular flexibility index (Phi) is 3.75. The molecule has 0 atom stereocenters. The number of hydrogen-bond acceptors (Lipinski definition) is 2. The molecular formula is C14H13F2N3. The minimum absolute atomic E-state index is 0.0228. The van der Waals surface area contributed by atoms with Crippen molar-refractivity contribution in [3.63, 3.8) is 0 Å². The van der Waals surface area contributed by atoms with E-state index in [1.54, 1.807) is 30.3 Å². The van der Waals surface area contributed by atoms with Crippen molar-refractivity contribution in [3.8, 4) is 0 Å². The highest BCUT2D eigenvalue weighted by Crippen LogP contribution is 2.24. The summed E-state index contributed by atoms with van der Waals surface area (Å²) in [5.74, 6) is -0.0488. The van der Waals surface area contributed by atoms with Gasteiger partial charge in [-0.2, -0.15) is 0 Å². The van der Waals surface area contributed by atoms with Crippen molar-refractivity contribution >= 4 is 17.2 Å². The number of amidine groups is 1. The predicted octanol–water partition coefficient (Wildman–Crippen LogP) is 3.65. The van der Waals surface area contributed by atoms with Crippen molar-refractivity contribution < 1.29 is 8.78 Å². The van der Waals surface area contributed by atoms with Crippen molar-refractivity contribution in [2.24, 2.45) is 5.73 Å². The quantitative estimate of drug-likeness (QED) is 0.581. The van der Waals surface area contributed by atoms with Crippen LogP contribution in [-0.2, 0) is 0 Å². The number of halogens is 2. The second kappa shape index (κ2) is 5.48. The molecule has 0 aliphatic heterocycles. The standard InChI is InChI=1S/C14H13F2N3/c15-13(16)9-5-7-10(8-6-9)19-12-4-2-1-3-11(12)14(17)18/h1-8,13,19H,(H3,17,18). The van der Waals surface area contributed by atoms with Gasteiger partial charge in [-0.15, -0.1) is 0 Å². The average molecular weight is 261 g/mol. The Morgan fingerprint density at radius 3 is 2.26 bits per heavy atom. The minimum Gasteiger partial charge on any atom is -0.384 e. The van der Waals surface area contributed by atoms with E-state index in [2.05, 4.69) is 5.32 Å². The number of nitrogens with two attached hydrogens (primary N) is 1. The Morgan fingerprint density at radius 2 is 1.68 bits per heavy atom. The van der Waals surface area contributed by atoms with E-state index in [0.717, 1.165) is 0 Å². The van der Waals surface area contributed by atoms with Crippen LogP contribution in [0.1, 0.15) is 17.6 Å². The van der Waals surface area contributed by atoms with E-state index in [0.29, 0.717) is 16.9 Å². The molecule has 3 nitrogen and oxygen atoms in total. The lowest BCUT2D eigenvalue weighted by Crippen LogP contribution is -2.13. The summed E-state index contributed by atoms with van der Waals surface area (Å²) in [5, 5.41) is 10.5. The Labute approximate surface area is 109 Å². The van der Waals surface area contributed by atoms with E-state index in [9.17, 15) is 8.78 Å². The van der Waals surface area contributed by atoms with Crippen molar-refractivity contribution in [2.75, 3.05) is 5.32 Å². The van der Waals surface area contributed by atoms with Gasteiger partial charge in [0.15, 0.2) is 0 Å². The first-order chi connectivity index (χ1) is 9.08. The highest BCUT2D eigenvalue weighted by atomic mass is 19.3. The van der Waals surface area contributed by atoms with Crippen LogP contribution in [0.2, 0.25) is 0 Å². The Bertz CT molecular complexity index is 579. The van der Waals surface area contributed by atoms with Gasteiger partial charge in [-0.05, 0) is 24.3 Å². The summed E-state index contributed by atoms with van der Waals surface area (Å²) < 4.78 is 24.9. The van der Waals surface area contributed by atoms with Crippen LogP contribution in [0.3, 0.4) is 0 Å². The third kappa shape index (κ3) is 3.07. The zero-order valence-electron chi connectivity index (χ0n) is 10.0. The first-order valence-corrected chi connectivity index (χ1v) is 5.66. The lowest BCUT2D eigenvalue weighted by Gasteiger charge is -2.11. The average Bonchev–Trinajstić information content (AvgIpc) is 2.39. The number of alkyl halides is 2. The molecule has 0 saturated heterocycles. The zero-order chi connectivity index (χ0) is 13.8. The van der Waals surface area contributed by atoms with E-state index in [1.165, 1.54) is 12.1 Å². The second-order valence-electron chi connectivity index (χ2n) is 4.01. The maximum atomic E-state index is 12.4. The molecule has 0 radical (unpaired) electrons. The SMILES string of the molecule is N=C(N)c1ccccc1Nc1ccc(C(F)F)cc1. The van der Waals surface area contributed by atoms with Gasteiger partial charge >= 0.3 is 0 Å². The zero-order valence-corrected chi connectivity index (χ0v) is 10.0. The van der Waals surface area contributed by atoms with Crippen molar-refractivity contribution in [3.05, 3.63) is 59.7 Å².